The maximum atomic E-state index is 14.0. The van der Waals surface area contributed by atoms with E-state index in [0.29, 0.717) is 11.1 Å². The van der Waals surface area contributed by atoms with Gasteiger partial charge >= 0.3 is 6.03 Å². The minimum atomic E-state index is -0.943. The van der Waals surface area contributed by atoms with Gasteiger partial charge in [-0.3, -0.25) is 9.59 Å². The van der Waals surface area contributed by atoms with Crippen molar-refractivity contribution in [2.24, 2.45) is 0 Å². The predicted octanol–water partition coefficient (Wildman–Crippen LogP) is 3.16. The number of carbonyl (C=O) groups excluding carboxylic acids is 3. The maximum Gasteiger partial charge on any atom is 0.334 e. The van der Waals surface area contributed by atoms with Crippen molar-refractivity contribution >= 4 is 17.8 Å². The Morgan fingerprint density at radius 3 is 2.40 bits per heavy atom. The Balaban J connectivity index is 1.40. The lowest BCUT2D eigenvalue weighted by atomic mass is 9.99. The fraction of sp³-hybridized carbons (Fsp3) is 0.281. The molecule has 0 aromatic heterocycles. The SMILES string of the molecule is C#CCN1CC(=O)N2[C@@H](c3ccccc3)C(=O)N(CCOCc3ccccc3F)C[C@@H]2N1C(=O)NCc1ccccc1. The highest BCUT2D eigenvalue weighted by Crippen LogP contribution is 2.34. The van der Waals surface area contributed by atoms with Crippen LogP contribution in [-0.2, 0) is 27.5 Å². The topological polar surface area (TPSA) is 85.4 Å². The molecule has 9 nitrogen and oxygen atoms in total. The normalized spacial score (nSPS) is 18.9. The first kappa shape index (κ1) is 28.8. The number of piperazine rings is 1. The van der Waals surface area contributed by atoms with E-state index >= 15 is 0 Å². The van der Waals surface area contributed by atoms with Gasteiger partial charge in [0.2, 0.25) is 11.8 Å². The highest BCUT2D eigenvalue weighted by Gasteiger charge is 2.51. The molecule has 2 atom stereocenters. The lowest BCUT2D eigenvalue weighted by molar-refractivity contribution is -0.190. The summed E-state index contributed by atoms with van der Waals surface area (Å²) < 4.78 is 19.8. The van der Waals surface area contributed by atoms with Crippen molar-refractivity contribution in [2.45, 2.75) is 25.4 Å². The van der Waals surface area contributed by atoms with Crippen molar-refractivity contribution in [3.05, 3.63) is 107 Å². The number of benzene rings is 3. The van der Waals surface area contributed by atoms with E-state index in [0.717, 1.165) is 5.56 Å². The number of fused-ring (bicyclic) bond motifs is 1. The van der Waals surface area contributed by atoms with Gasteiger partial charge in [-0.05, 0) is 17.2 Å². The molecular formula is C32H32FN5O4. The quantitative estimate of drug-likeness (QED) is 0.316. The minimum Gasteiger partial charge on any atom is -0.375 e. The summed E-state index contributed by atoms with van der Waals surface area (Å²) >= 11 is 0. The van der Waals surface area contributed by atoms with Crippen LogP contribution in [-0.4, -0.2) is 76.6 Å². The van der Waals surface area contributed by atoms with Crippen LogP contribution in [0.4, 0.5) is 9.18 Å². The highest BCUT2D eigenvalue weighted by atomic mass is 19.1. The number of hydrogen-bond acceptors (Lipinski definition) is 5. The third-order valence-corrected chi connectivity index (χ3v) is 7.33. The van der Waals surface area contributed by atoms with Crippen molar-refractivity contribution in [1.82, 2.24) is 25.1 Å². The van der Waals surface area contributed by atoms with Crippen LogP contribution in [0.15, 0.2) is 84.9 Å². The molecule has 2 aliphatic heterocycles. The summed E-state index contributed by atoms with van der Waals surface area (Å²) in [6, 6.07) is 23.5. The molecule has 2 heterocycles. The average Bonchev–Trinajstić information content (AvgIpc) is 3.00. The highest BCUT2D eigenvalue weighted by molar-refractivity contribution is 5.92. The summed E-state index contributed by atoms with van der Waals surface area (Å²) in [5, 5.41) is 5.93. The van der Waals surface area contributed by atoms with Crippen LogP contribution < -0.4 is 5.32 Å². The zero-order chi connectivity index (χ0) is 29.5. The summed E-state index contributed by atoms with van der Waals surface area (Å²) in [4.78, 5) is 44.2. The van der Waals surface area contributed by atoms with Gasteiger partial charge in [-0.25, -0.2) is 14.2 Å². The Kier molecular flexibility index (Phi) is 9.12. The number of ether oxygens (including phenoxy) is 1. The fourth-order valence-electron chi connectivity index (χ4n) is 5.31. The molecule has 3 aromatic rings. The monoisotopic (exact) mass is 569 g/mol. The van der Waals surface area contributed by atoms with Crippen LogP contribution in [0, 0.1) is 18.2 Å². The van der Waals surface area contributed by atoms with Crippen molar-refractivity contribution in [2.75, 3.05) is 32.8 Å². The molecule has 10 heteroatoms. The number of terminal acetylenes is 1. The van der Waals surface area contributed by atoms with Gasteiger partial charge in [0.05, 0.1) is 32.8 Å². The van der Waals surface area contributed by atoms with E-state index in [-0.39, 0.29) is 63.6 Å². The molecule has 0 radical (unpaired) electrons. The Hall–Kier alpha value is -4.72. The molecular weight excluding hydrogens is 537 g/mol. The van der Waals surface area contributed by atoms with Gasteiger partial charge in [0, 0.05) is 18.7 Å². The third-order valence-electron chi connectivity index (χ3n) is 7.33. The summed E-state index contributed by atoms with van der Waals surface area (Å²) in [6.07, 6.45) is 4.81. The first-order valence-corrected chi connectivity index (χ1v) is 13.7. The lowest BCUT2D eigenvalue weighted by Gasteiger charge is -2.54. The molecule has 3 aromatic carbocycles. The largest absolute Gasteiger partial charge is 0.375 e. The van der Waals surface area contributed by atoms with Crippen LogP contribution in [0.5, 0.6) is 0 Å². The van der Waals surface area contributed by atoms with Crippen LogP contribution in [0.1, 0.15) is 22.7 Å². The van der Waals surface area contributed by atoms with Gasteiger partial charge in [0.25, 0.3) is 0 Å². The third kappa shape index (κ3) is 6.28. The molecule has 4 amide bonds. The molecule has 216 valence electrons. The summed E-state index contributed by atoms with van der Waals surface area (Å²) in [7, 11) is 0. The van der Waals surface area contributed by atoms with E-state index in [1.54, 1.807) is 47.4 Å². The van der Waals surface area contributed by atoms with E-state index in [9.17, 15) is 18.8 Å². The van der Waals surface area contributed by atoms with Crippen LogP contribution in [0.3, 0.4) is 0 Å². The number of nitrogens with one attached hydrogen (secondary N) is 1. The van der Waals surface area contributed by atoms with Gasteiger partial charge in [-0.1, -0.05) is 84.8 Å². The summed E-state index contributed by atoms with van der Waals surface area (Å²) in [5.74, 6) is 1.59. The fourth-order valence-corrected chi connectivity index (χ4v) is 5.31. The molecule has 2 fully saturated rings. The smallest absolute Gasteiger partial charge is 0.334 e. The number of urea groups is 1. The summed E-state index contributed by atoms with van der Waals surface area (Å²) in [5.41, 5.74) is 1.96. The molecule has 5 rings (SSSR count). The second-order valence-corrected chi connectivity index (χ2v) is 10.0. The number of hydrogen-bond donors (Lipinski definition) is 1. The minimum absolute atomic E-state index is 0.0323. The predicted molar refractivity (Wildman–Crippen MR) is 153 cm³/mol. The maximum absolute atomic E-state index is 14.0. The average molecular weight is 570 g/mol. The van der Waals surface area contributed by atoms with Crippen molar-refractivity contribution in [3.8, 4) is 12.3 Å². The molecule has 2 saturated heterocycles. The van der Waals surface area contributed by atoms with E-state index in [1.807, 2.05) is 36.4 Å². The number of carbonyl (C=O) groups is 3. The van der Waals surface area contributed by atoms with Crippen LogP contribution in [0.2, 0.25) is 0 Å². The lowest BCUT2D eigenvalue weighted by Crippen LogP contribution is -2.74. The number of hydrazine groups is 1. The summed E-state index contributed by atoms with van der Waals surface area (Å²) in [6.45, 7) is 0.577. The molecule has 2 aliphatic rings. The van der Waals surface area contributed by atoms with Crippen LogP contribution >= 0.6 is 0 Å². The van der Waals surface area contributed by atoms with Gasteiger partial charge in [-0.2, -0.15) is 5.01 Å². The Morgan fingerprint density at radius 2 is 1.69 bits per heavy atom. The molecule has 0 aliphatic carbocycles. The van der Waals surface area contributed by atoms with Gasteiger partial charge in [-0.15, -0.1) is 6.42 Å². The van der Waals surface area contributed by atoms with Crippen molar-refractivity contribution < 1.29 is 23.5 Å². The number of rotatable bonds is 9. The molecule has 0 bridgehead atoms. The molecule has 0 spiro atoms. The number of amides is 4. The second-order valence-electron chi connectivity index (χ2n) is 10.0. The Labute approximate surface area is 244 Å². The van der Waals surface area contributed by atoms with Gasteiger partial charge in [0.1, 0.15) is 18.0 Å². The van der Waals surface area contributed by atoms with E-state index in [1.165, 1.54) is 21.0 Å². The second kappa shape index (κ2) is 13.3. The van der Waals surface area contributed by atoms with E-state index in [4.69, 9.17) is 11.2 Å². The number of nitrogens with zero attached hydrogens (tertiary/aromatic N) is 4. The molecule has 42 heavy (non-hydrogen) atoms. The van der Waals surface area contributed by atoms with E-state index < -0.39 is 18.2 Å². The van der Waals surface area contributed by atoms with Crippen LogP contribution in [0.25, 0.3) is 0 Å². The zero-order valence-corrected chi connectivity index (χ0v) is 23.1. The zero-order valence-electron chi connectivity index (χ0n) is 23.1. The van der Waals surface area contributed by atoms with Crippen molar-refractivity contribution in [1.29, 1.82) is 0 Å². The first-order chi connectivity index (χ1) is 20.5. The molecule has 0 unspecified atom stereocenters. The van der Waals surface area contributed by atoms with Crippen molar-refractivity contribution in [3.63, 3.8) is 0 Å². The molecule has 1 N–H and O–H groups in total. The Bertz CT molecular complexity index is 1450. The van der Waals surface area contributed by atoms with Gasteiger partial charge in [0.15, 0.2) is 0 Å². The number of halogens is 1. The standard InChI is InChI=1S/C32H32FN5O4/c1-2-17-36-22-29(39)37-28(38(36)32(41)34-20-24-11-5-3-6-12-24)21-35(31(40)30(37)25-13-7-4-8-14-25)18-19-42-23-26-15-9-10-16-27(26)33/h1,3-16,28,30H,17-23H2,(H,34,41)/t28-,30-/m0/s1. The van der Waals surface area contributed by atoms with E-state index in [2.05, 4.69) is 11.2 Å². The molecule has 0 saturated carbocycles. The Morgan fingerprint density at radius 1 is 1.00 bits per heavy atom. The van der Waals surface area contributed by atoms with Gasteiger partial charge < -0.3 is 19.9 Å². The first-order valence-electron chi connectivity index (χ1n) is 13.7.